The minimum absolute atomic E-state index is 0.0506. The van der Waals surface area contributed by atoms with Gasteiger partial charge in [-0.25, -0.2) is 0 Å². The van der Waals surface area contributed by atoms with Crippen LogP contribution in [0.5, 0.6) is 0 Å². The average molecular weight is 461 g/mol. The molecule has 32 heavy (non-hydrogen) atoms. The van der Waals surface area contributed by atoms with Crippen LogP contribution in [-0.4, -0.2) is 46.4 Å². The molecule has 4 heteroatoms. The molecule has 196 valence electrons. The summed E-state index contributed by atoms with van der Waals surface area (Å²) in [4.78, 5) is 0. The highest BCUT2D eigenvalue weighted by Gasteiger charge is 2.03. The van der Waals surface area contributed by atoms with E-state index in [9.17, 15) is 5.11 Å². The van der Waals surface area contributed by atoms with Crippen molar-refractivity contribution in [1.82, 2.24) is 0 Å². The maximum Gasteiger partial charge on any atom is 0.0540 e. The lowest BCUT2D eigenvalue weighted by molar-refractivity contribution is 0.147. The molecule has 0 fully saturated rings. The Bertz CT molecular complexity index is 289. The van der Waals surface area contributed by atoms with E-state index in [2.05, 4.69) is 6.92 Å². The molecule has 0 amide bonds. The van der Waals surface area contributed by atoms with Gasteiger partial charge in [0.05, 0.1) is 6.10 Å². The minimum Gasteiger partial charge on any atom is -0.396 e. The van der Waals surface area contributed by atoms with Gasteiger partial charge in [-0.05, 0) is 32.1 Å². The van der Waals surface area contributed by atoms with Gasteiger partial charge in [0.15, 0.2) is 0 Å². The lowest BCUT2D eigenvalue weighted by Crippen LogP contribution is -2.05. The molecule has 0 saturated heterocycles. The smallest absolute Gasteiger partial charge is 0.0540 e. The Balaban J connectivity index is 0. The number of unbranched alkanes of at least 4 members (excludes halogenated alkanes) is 18. The Labute approximate surface area is 201 Å². The second kappa shape index (κ2) is 33.0. The lowest BCUT2D eigenvalue weighted by Gasteiger charge is -2.10. The molecule has 0 aliphatic rings. The van der Waals surface area contributed by atoms with Crippen LogP contribution in [0.15, 0.2) is 0 Å². The molecule has 0 aliphatic carbocycles. The van der Waals surface area contributed by atoms with Crippen LogP contribution in [0.4, 0.5) is 0 Å². The van der Waals surface area contributed by atoms with Crippen molar-refractivity contribution in [2.24, 2.45) is 0 Å². The number of rotatable bonds is 25. The molecule has 0 aromatic heterocycles. The summed E-state index contributed by atoms with van der Waals surface area (Å²) in [5, 5.41) is 35.5. The van der Waals surface area contributed by atoms with Gasteiger partial charge >= 0.3 is 0 Å². The maximum atomic E-state index is 9.85. The van der Waals surface area contributed by atoms with Gasteiger partial charge in [-0.15, -0.1) is 0 Å². The van der Waals surface area contributed by atoms with Crippen LogP contribution in [-0.2, 0) is 0 Å². The second-order valence-electron chi connectivity index (χ2n) is 9.47. The van der Waals surface area contributed by atoms with E-state index in [1.165, 1.54) is 103 Å². The van der Waals surface area contributed by atoms with E-state index in [0.29, 0.717) is 19.8 Å². The molecule has 0 aromatic carbocycles. The Morgan fingerprint density at radius 3 is 0.906 bits per heavy atom. The summed E-state index contributed by atoms with van der Waals surface area (Å²) in [7, 11) is 0. The summed E-state index contributed by atoms with van der Waals surface area (Å²) < 4.78 is 0. The van der Waals surface area contributed by atoms with Gasteiger partial charge in [-0.1, -0.05) is 122 Å². The third-order valence-corrected chi connectivity index (χ3v) is 6.15. The standard InChI is InChI=1S/C18H38O2.C10H22O2/c1-2-3-4-12-15-18(20)16-13-10-8-6-5-7-9-11-14-17-19;11-9-7-5-3-1-2-4-6-8-10-12/h18-20H,2-17H2,1H3;11-12H,1-10H2. The summed E-state index contributed by atoms with van der Waals surface area (Å²) in [5.41, 5.74) is 0. The fraction of sp³-hybridized carbons (Fsp3) is 1.00. The van der Waals surface area contributed by atoms with Crippen LogP contribution in [0.25, 0.3) is 0 Å². The summed E-state index contributed by atoms with van der Waals surface area (Å²) in [6.45, 7) is 3.25. The summed E-state index contributed by atoms with van der Waals surface area (Å²) >= 11 is 0. The number of aliphatic hydroxyl groups excluding tert-OH is 4. The zero-order valence-corrected chi connectivity index (χ0v) is 21.8. The molecule has 0 aromatic rings. The average Bonchev–Trinajstić information content (AvgIpc) is 2.80. The normalized spacial score (nSPS) is 11.9. The van der Waals surface area contributed by atoms with Crippen molar-refractivity contribution in [2.75, 3.05) is 19.8 Å². The van der Waals surface area contributed by atoms with E-state index < -0.39 is 0 Å². The van der Waals surface area contributed by atoms with E-state index in [1.54, 1.807) is 0 Å². The van der Waals surface area contributed by atoms with Crippen LogP contribution in [0.2, 0.25) is 0 Å². The Morgan fingerprint density at radius 1 is 0.375 bits per heavy atom. The molecule has 0 saturated carbocycles. The highest BCUT2D eigenvalue weighted by atomic mass is 16.3. The first-order chi connectivity index (χ1) is 15.7. The topological polar surface area (TPSA) is 80.9 Å². The lowest BCUT2D eigenvalue weighted by atomic mass is 10.0. The Morgan fingerprint density at radius 2 is 0.625 bits per heavy atom. The van der Waals surface area contributed by atoms with Crippen LogP contribution in [0.3, 0.4) is 0 Å². The van der Waals surface area contributed by atoms with Gasteiger partial charge in [-0.3, -0.25) is 0 Å². The van der Waals surface area contributed by atoms with E-state index in [4.69, 9.17) is 15.3 Å². The first-order valence-electron chi connectivity index (χ1n) is 14.2. The number of hydrogen-bond donors (Lipinski definition) is 4. The molecule has 1 unspecified atom stereocenters. The molecule has 1 atom stereocenters. The molecular weight excluding hydrogens is 400 g/mol. The van der Waals surface area contributed by atoms with Crippen molar-refractivity contribution < 1.29 is 20.4 Å². The van der Waals surface area contributed by atoms with Crippen molar-refractivity contribution in [3.63, 3.8) is 0 Å². The maximum absolute atomic E-state index is 9.85. The zero-order valence-electron chi connectivity index (χ0n) is 21.8. The van der Waals surface area contributed by atoms with E-state index in [0.717, 1.165) is 44.9 Å². The number of hydrogen-bond acceptors (Lipinski definition) is 4. The third kappa shape index (κ3) is 34.5. The number of aliphatic hydroxyl groups is 4. The van der Waals surface area contributed by atoms with Crippen LogP contribution in [0, 0.1) is 0 Å². The summed E-state index contributed by atoms with van der Waals surface area (Å²) in [6, 6.07) is 0. The van der Waals surface area contributed by atoms with Gasteiger partial charge in [0.25, 0.3) is 0 Å². The molecule has 0 spiro atoms. The zero-order chi connectivity index (χ0) is 24.0. The van der Waals surface area contributed by atoms with E-state index in [-0.39, 0.29) is 6.10 Å². The van der Waals surface area contributed by atoms with Gasteiger partial charge in [0.1, 0.15) is 0 Å². The Hall–Kier alpha value is -0.160. The molecule has 0 radical (unpaired) electrons. The van der Waals surface area contributed by atoms with Gasteiger partial charge in [-0.2, -0.15) is 0 Å². The van der Waals surface area contributed by atoms with Gasteiger partial charge in [0, 0.05) is 19.8 Å². The van der Waals surface area contributed by atoms with E-state index in [1.807, 2.05) is 0 Å². The predicted octanol–water partition coefficient (Wildman–Crippen LogP) is 7.30. The van der Waals surface area contributed by atoms with Crippen molar-refractivity contribution >= 4 is 0 Å². The fourth-order valence-corrected chi connectivity index (χ4v) is 3.96. The van der Waals surface area contributed by atoms with Crippen LogP contribution < -0.4 is 0 Å². The molecular formula is C28H60O4. The first kappa shape index (κ1) is 34.0. The van der Waals surface area contributed by atoms with E-state index >= 15 is 0 Å². The molecule has 0 heterocycles. The SMILES string of the molecule is CCCCCCC(O)CCCCCCCCCCCO.OCCCCCCCCCCO. The third-order valence-electron chi connectivity index (χ3n) is 6.15. The minimum atomic E-state index is -0.0506. The van der Waals surface area contributed by atoms with Crippen LogP contribution in [0.1, 0.15) is 155 Å². The molecule has 4 N–H and O–H groups in total. The van der Waals surface area contributed by atoms with Gasteiger partial charge in [0.2, 0.25) is 0 Å². The summed E-state index contributed by atoms with van der Waals surface area (Å²) in [5.74, 6) is 0. The van der Waals surface area contributed by atoms with Crippen molar-refractivity contribution in [3.8, 4) is 0 Å². The summed E-state index contributed by atoms with van der Waals surface area (Å²) in [6.07, 6.45) is 27.5. The molecule has 4 nitrogen and oxygen atoms in total. The predicted molar refractivity (Wildman–Crippen MR) is 139 cm³/mol. The quantitative estimate of drug-likeness (QED) is 0.108. The molecule has 0 rings (SSSR count). The van der Waals surface area contributed by atoms with Crippen LogP contribution >= 0.6 is 0 Å². The molecule has 0 bridgehead atoms. The largest absolute Gasteiger partial charge is 0.396 e. The second-order valence-corrected chi connectivity index (χ2v) is 9.47. The molecule has 0 aliphatic heterocycles. The highest BCUT2D eigenvalue weighted by molar-refractivity contribution is 4.57. The Kier molecular flexibility index (Phi) is 35.1. The van der Waals surface area contributed by atoms with Crippen molar-refractivity contribution in [2.45, 2.75) is 161 Å². The van der Waals surface area contributed by atoms with Crippen molar-refractivity contribution in [3.05, 3.63) is 0 Å². The fourth-order valence-electron chi connectivity index (χ4n) is 3.96. The first-order valence-corrected chi connectivity index (χ1v) is 14.2. The highest BCUT2D eigenvalue weighted by Crippen LogP contribution is 2.14. The van der Waals surface area contributed by atoms with Crippen molar-refractivity contribution in [1.29, 1.82) is 0 Å². The van der Waals surface area contributed by atoms with Gasteiger partial charge < -0.3 is 20.4 Å². The monoisotopic (exact) mass is 460 g/mol.